The quantitative estimate of drug-likeness (QED) is 0.430. The van der Waals surface area contributed by atoms with Crippen molar-refractivity contribution in [2.24, 2.45) is 0 Å². The van der Waals surface area contributed by atoms with Crippen molar-refractivity contribution in [1.82, 2.24) is 4.98 Å². The molecule has 0 aliphatic carbocycles. The predicted octanol–water partition coefficient (Wildman–Crippen LogP) is 5.58. The van der Waals surface area contributed by atoms with Gasteiger partial charge >= 0.3 is 5.97 Å². The highest BCUT2D eigenvalue weighted by molar-refractivity contribution is 5.85. The number of aromatic carboxylic acids is 1. The molecule has 0 unspecified atom stereocenters. The Kier molecular flexibility index (Phi) is 5.29. The van der Waals surface area contributed by atoms with Gasteiger partial charge in [-0.2, -0.15) is 0 Å². The minimum atomic E-state index is -1.35. The van der Waals surface area contributed by atoms with E-state index in [9.17, 15) is 23.1 Å². The Morgan fingerprint density at radius 2 is 1.13 bits per heavy atom. The summed E-state index contributed by atoms with van der Waals surface area (Å²) in [6.45, 7) is 0. The molecule has 0 saturated heterocycles. The summed E-state index contributed by atoms with van der Waals surface area (Å²) in [5.41, 5.74) is 0.126. The standard InChI is InChI=1S/C25H16F3NO2/c26-20-7-1-4-16(12-20)25(17-5-2-8-21(27)13-17,18-6-3-9-22(28)14-18)19-10-11-23(24(30)31)29-15-19/h1-15H,(H,30,31). The minimum absolute atomic E-state index is 0.185. The molecule has 0 saturated carbocycles. The molecule has 0 bridgehead atoms. The number of rotatable bonds is 5. The topological polar surface area (TPSA) is 50.2 Å². The van der Waals surface area contributed by atoms with E-state index in [4.69, 9.17) is 0 Å². The lowest BCUT2D eigenvalue weighted by atomic mass is 9.65. The molecule has 4 aromatic rings. The van der Waals surface area contributed by atoms with Crippen molar-refractivity contribution in [2.75, 3.05) is 0 Å². The second-order valence-corrected chi connectivity index (χ2v) is 7.02. The van der Waals surface area contributed by atoms with Crippen molar-refractivity contribution in [3.63, 3.8) is 0 Å². The van der Waals surface area contributed by atoms with Crippen LogP contribution in [-0.2, 0) is 5.41 Å². The van der Waals surface area contributed by atoms with Gasteiger partial charge in [-0.15, -0.1) is 0 Å². The molecule has 0 atom stereocenters. The lowest BCUT2D eigenvalue weighted by Crippen LogP contribution is -2.31. The number of hydrogen-bond acceptors (Lipinski definition) is 2. The Labute approximate surface area is 176 Å². The van der Waals surface area contributed by atoms with E-state index in [1.807, 2.05) is 0 Å². The average Bonchev–Trinajstić information content (AvgIpc) is 2.75. The third kappa shape index (κ3) is 3.68. The average molecular weight is 419 g/mol. The van der Waals surface area contributed by atoms with Crippen LogP contribution in [-0.4, -0.2) is 16.1 Å². The summed E-state index contributed by atoms with van der Waals surface area (Å²) in [6, 6.07) is 20.0. The molecular formula is C25H16F3NO2. The van der Waals surface area contributed by atoms with Gasteiger partial charge in [0.15, 0.2) is 0 Å². The van der Waals surface area contributed by atoms with Crippen molar-refractivity contribution in [3.8, 4) is 0 Å². The van der Waals surface area contributed by atoms with Crippen LogP contribution in [0.4, 0.5) is 13.2 Å². The Morgan fingerprint density at radius 1 is 0.677 bits per heavy atom. The lowest BCUT2D eigenvalue weighted by Gasteiger charge is -2.36. The van der Waals surface area contributed by atoms with E-state index in [1.165, 1.54) is 72.9 Å². The van der Waals surface area contributed by atoms with Crippen LogP contribution in [0.2, 0.25) is 0 Å². The maximum absolute atomic E-state index is 14.3. The van der Waals surface area contributed by atoms with Crippen molar-refractivity contribution in [3.05, 3.63) is 137 Å². The van der Waals surface area contributed by atoms with Crippen molar-refractivity contribution < 1.29 is 23.1 Å². The van der Waals surface area contributed by atoms with Gasteiger partial charge in [0.25, 0.3) is 0 Å². The van der Waals surface area contributed by atoms with Crippen LogP contribution in [0, 0.1) is 17.5 Å². The fraction of sp³-hybridized carbons (Fsp3) is 0.0400. The number of pyridine rings is 1. The van der Waals surface area contributed by atoms with Crippen LogP contribution in [0.15, 0.2) is 91.1 Å². The summed E-state index contributed by atoms with van der Waals surface area (Å²) in [4.78, 5) is 15.3. The summed E-state index contributed by atoms with van der Waals surface area (Å²) >= 11 is 0. The molecule has 1 heterocycles. The first-order valence-corrected chi connectivity index (χ1v) is 9.39. The summed E-state index contributed by atoms with van der Waals surface area (Å²) in [6.07, 6.45) is 1.34. The lowest BCUT2D eigenvalue weighted by molar-refractivity contribution is 0.0690. The van der Waals surface area contributed by atoms with Crippen LogP contribution < -0.4 is 0 Å². The number of halogens is 3. The largest absolute Gasteiger partial charge is 0.477 e. The molecule has 0 amide bonds. The number of aromatic nitrogens is 1. The van der Waals surface area contributed by atoms with Crippen molar-refractivity contribution in [2.45, 2.75) is 5.41 Å². The van der Waals surface area contributed by atoms with E-state index in [0.29, 0.717) is 22.3 Å². The zero-order valence-electron chi connectivity index (χ0n) is 16.1. The van der Waals surface area contributed by atoms with Gasteiger partial charge in [-0.05, 0) is 64.7 Å². The molecule has 0 radical (unpaired) electrons. The first-order chi connectivity index (χ1) is 14.9. The zero-order chi connectivity index (χ0) is 22.0. The Balaban J connectivity index is 2.14. The van der Waals surface area contributed by atoms with E-state index < -0.39 is 28.8 Å². The fourth-order valence-corrected chi connectivity index (χ4v) is 3.91. The molecule has 3 aromatic carbocycles. The van der Waals surface area contributed by atoms with Crippen LogP contribution in [0.5, 0.6) is 0 Å². The molecule has 31 heavy (non-hydrogen) atoms. The van der Waals surface area contributed by atoms with E-state index in [2.05, 4.69) is 4.98 Å². The van der Waals surface area contributed by atoms with Gasteiger partial charge in [0.05, 0.1) is 5.41 Å². The highest BCUT2D eigenvalue weighted by Gasteiger charge is 2.39. The Morgan fingerprint density at radius 3 is 1.45 bits per heavy atom. The van der Waals surface area contributed by atoms with Crippen molar-refractivity contribution in [1.29, 1.82) is 0 Å². The molecule has 0 fully saturated rings. The second kappa shape index (κ2) is 8.07. The van der Waals surface area contributed by atoms with Crippen LogP contribution in [0.25, 0.3) is 0 Å². The van der Waals surface area contributed by atoms with Crippen LogP contribution in [0.3, 0.4) is 0 Å². The number of carboxylic acid groups (broad SMARTS) is 1. The van der Waals surface area contributed by atoms with Gasteiger partial charge in [-0.1, -0.05) is 42.5 Å². The van der Waals surface area contributed by atoms with Gasteiger partial charge in [-0.3, -0.25) is 0 Å². The first-order valence-electron chi connectivity index (χ1n) is 9.39. The predicted molar refractivity (Wildman–Crippen MR) is 109 cm³/mol. The summed E-state index contributed by atoms with van der Waals surface area (Å²) in [7, 11) is 0. The molecule has 154 valence electrons. The van der Waals surface area contributed by atoms with Gasteiger partial charge in [0, 0.05) is 6.20 Å². The summed E-state index contributed by atoms with van der Waals surface area (Å²) in [5.74, 6) is -2.78. The smallest absolute Gasteiger partial charge is 0.354 e. The summed E-state index contributed by atoms with van der Waals surface area (Å²) in [5, 5.41) is 9.23. The van der Waals surface area contributed by atoms with E-state index in [1.54, 1.807) is 18.2 Å². The molecule has 0 aliphatic rings. The highest BCUT2D eigenvalue weighted by Crippen LogP contribution is 2.45. The number of carboxylic acids is 1. The van der Waals surface area contributed by atoms with Crippen LogP contribution >= 0.6 is 0 Å². The number of benzene rings is 3. The van der Waals surface area contributed by atoms with Gasteiger partial charge in [-0.25, -0.2) is 22.9 Å². The highest BCUT2D eigenvalue weighted by atomic mass is 19.1. The summed E-state index contributed by atoms with van der Waals surface area (Å²) < 4.78 is 43.0. The maximum atomic E-state index is 14.3. The van der Waals surface area contributed by atoms with E-state index in [0.717, 1.165) is 0 Å². The number of carbonyl (C=O) groups is 1. The monoisotopic (exact) mass is 419 g/mol. The second-order valence-electron chi connectivity index (χ2n) is 7.02. The van der Waals surface area contributed by atoms with E-state index >= 15 is 0 Å². The molecule has 4 rings (SSSR count). The molecule has 1 N–H and O–H groups in total. The third-order valence-electron chi connectivity index (χ3n) is 5.19. The Hall–Kier alpha value is -3.93. The molecule has 1 aromatic heterocycles. The molecular weight excluding hydrogens is 403 g/mol. The molecule has 0 aliphatic heterocycles. The Bertz CT molecular complexity index is 1140. The molecule has 6 heteroatoms. The first kappa shape index (κ1) is 20.3. The van der Waals surface area contributed by atoms with Crippen LogP contribution in [0.1, 0.15) is 32.7 Å². The van der Waals surface area contributed by atoms with E-state index in [-0.39, 0.29) is 5.69 Å². The number of nitrogens with zero attached hydrogens (tertiary/aromatic N) is 1. The normalized spacial score (nSPS) is 11.3. The fourth-order valence-electron chi connectivity index (χ4n) is 3.91. The third-order valence-corrected chi connectivity index (χ3v) is 5.19. The minimum Gasteiger partial charge on any atom is -0.477 e. The molecule has 3 nitrogen and oxygen atoms in total. The van der Waals surface area contributed by atoms with Gasteiger partial charge in [0.2, 0.25) is 0 Å². The van der Waals surface area contributed by atoms with Gasteiger partial charge < -0.3 is 5.11 Å². The van der Waals surface area contributed by atoms with Crippen molar-refractivity contribution >= 4 is 5.97 Å². The number of hydrogen-bond donors (Lipinski definition) is 1. The van der Waals surface area contributed by atoms with Gasteiger partial charge in [0.1, 0.15) is 23.1 Å². The zero-order valence-corrected chi connectivity index (χ0v) is 16.1. The SMILES string of the molecule is O=C(O)c1ccc(C(c2cccc(F)c2)(c2cccc(F)c2)c2cccc(F)c2)cn1. The maximum Gasteiger partial charge on any atom is 0.354 e. The molecule has 0 spiro atoms.